The molecule has 0 aliphatic carbocycles. The van der Waals surface area contributed by atoms with Gasteiger partial charge in [-0.25, -0.2) is 9.97 Å². The Morgan fingerprint density at radius 3 is 2.67 bits per heavy atom. The van der Waals surface area contributed by atoms with E-state index in [9.17, 15) is 4.79 Å². The number of carbonyl (C=O) groups is 1. The van der Waals surface area contributed by atoms with Gasteiger partial charge in [-0.1, -0.05) is 18.2 Å². The van der Waals surface area contributed by atoms with Crippen LogP contribution in [0.25, 0.3) is 0 Å². The molecule has 5 nitrogen and oxygen atoms in total. The molecular weight excluding hydrogens is 264 g/mol. The number of amides is 1. The lowest BCUT2D eigenvalue weighted by Crippen LogP contribution is -2.45. The standard InChI is InChI=1S/C16H18N4O/c1-11-18-13(10-15(17-2)19-11)14-8-9-20(14)16(21)12-6-4-3-5-7-12/h3-7,10,14H,8-9H2,1-2H3,(H,17,18,19)/t14-/m0/s1. The van der Waals surface area contributed by atoms with Crippen molar-refractivity contribution in [1.82, 2.24) is 14.9 Å². The Kier molecular flexibility index (Phi) is 3.56. The van der Waals surface area contributed by atoms with E-state index in [0.29, 0.717) is 0 Å². The van der Waals surface area contributed by atoms with Crippen LogP contribution in [0.4, 0.5) is 5.82 Å². The topological polar surface area (TPSA) is 58.1 Å². The van der Waals surface area contributed by atoms with E-state index in [1.807, 2.05) is 55.3 Å². The highest BCUT2D eigenvalue weighted by atomic mass is 16.2. The number of nitrogens with zero attached hydrogens (tertiary/aromatic N) is 3. The maximum absolute atomic E-state index is 12.5. The second-order valence-corrected chi connectivity index (χ2v) is 5.14. The van der Waals surface area contributed by atoms with E-state index in [2.05, 4.69) is 15.3 Å². The SMILES string of the molecule is CNc1cc([C@@H]2CCN2C(=O)c2ccccc2)nc(C)n1. The van der Waals surface area contributed by atoms with Gasteiger partial charge in [-0.3, -0.25) is 4.79 Å². The van der Waals surface area contributed by atoms with Crippen LogP contribution in [0.5, 0.6) is 0 Å². The number of nitrogens with one attached hydrogen (secondary N) is 1. The predicted molar refractivity (Wildman–Crippen MR) is 81.2 cm³/mol. The van der Waals surface area contributed by atoms with E-state index in [-0.39, 0.29) is 11.9 Å². The Hall–Kier alpha value is -2.43. The lowest BCUT2D eigenvalue weighted by molar-refractivity contribution is 0.0450. The molecule has 1 aliphatic rings. The van der Waals surface area contributed by atoms with E-state index in [0.717, 1.165) is 35.9 Å². The summed E-state index contributed by atoms with van der Waals surface area (Å²) in [5.41, 5.74) is 1.63. The highest BCUT2D eigenvalue weighted by Crippen LogP contribution is 2.34. The van der Waals surface area contributed by atoms with Crippen molar-refractivity contribution in [3.05, 3.63) is 53.5 Å². The first kappa shape index (κ1) is 13.5. The summed E-state index contributed by atoms with van der Waals surface area (Å²) in [6, 6.07) is 11.3. The van der Waals surface area contributed by atoms with Gasteiger partial charge in [-0.15, -0.1) is 0 Å². The summed E-state index contributed by atoms with van der Waals surface area (Å²) in [5, 5.41) is 3.03. The molecule has 0 spiro atoms. The summed E-state index contributed by atoms with van der Waals surface area (Å²) in [7, 11) is 1.83. The van der Waals surface area contributed by atoms with E-state index in [1.165, 1.54) is 0 Å². The quantitative estimate of drug-likeness (QED) is 0.939. The zero-order valence-electron chi connectivity index (χ0n) is 12.2. The van der Waals surface area contributed by atoms with Crippen molar-refractivity contribution in [3.63, 3.8) is 0 Å². The monoisotopic (exact) mass is 282 g/mol. The van der Waals surface area contributed by atoms with Gasteiger partial charge >= 0.3 is 0 Å². The van der Waals surface area contributed by atoms with Crippen molar-refractivity contribution in [2.75, 3.05) is 18.9 Å². The molecule has 1 N–H and O–H groups in total. The molecule has 1 aromatic heterocycles. The fourth-order valence-corrected chi connectivity index (χ4v) is 2.57. The van der Waals surface area contributed by atoms with E-state index < -0.39 is 0 Å². The average Bonchev–Trinajstić information content (AvgIpc) is 2.46. The van der Waals surface area contributed by atoms with Gasteiger partial charge in [0.2, 0.25) is 0 Å². The van der Waals surface area contributed by atoms with Crippen molar-refractivity contribution in [1.29, 1.82) is 0 Å². The predicted octanol–water partition coefficient (Wildman–Crippen LogP) is 2.41. The van der Waals surface area contributed by atoms with Gasteiger partial charge in [-0.05, 0) is 25.5 Å². The lowest BCUT2D eigenvalue weighted by Gasteiger charge is -2.40. The minimum atomic E-state index is 0.0477. The van der Waals surface area contributed by atoms with Crippen LogP contribution >= 0.6 is 0 Å². The third-order valence-corrected chi connectivity index (χ3v) is 3.76. The number of aromatic nitrogens is 2. The van der Waals surface area contributed by atoms with Gasteiger partial charge in [-0.2, -0.15) is 0 Å². The molecule has 1 fully saturated rings. The van der Waals surface area contributed by atoms with Gasteiger partial charge < -0.3 is 10.2 Å². The Labute approximate surface area is 124 Å². The number of likely N-dealkylation sites (tertiary alicyclic amines) is 1. The summed E-state index contributed by atoms with van der Waals surface area (Å²) < 4.78 is 0. The summed E-state index contributed by atoms with van der Waals surface area (Å²) in [4.78, 5) is 23.2. The molecule has 1 amide bonds. The fourth-order valence-electron chi connectivity index (χ4n) is 2.57. The number of anilines is 1. The smallest absolute Gasteiger partial charge is 0.254 e. The second kappa shape index (κ2) is 5.52. The zero-order chi connectivity index (χ0) is 14.8. The lowest BCUT2D eigenvalue weighted by atomic mass is 9.97. The van der Waals surface area contributed by atoms with Crippen LogP contribution in [0.3, 0.4) is 0 Å². The van der Waals surface area contributed by atoms with E-state index >= 15 is 0 Å². The maximum atomic E-state index is 12.5. The highest BCUT2D eigenvalue weighted by molar-refractivity contribution is 5.94. The van der Waals surface area contributed by atoms with Crippen molar-refractivity contribution >= 4 is 11.7 Å². The third-order valence-electron chi connectivity index (χ3n) is 3.76. The molecule has 2 heterocycles. The molecule has 108 valence electrons. The molecule has 0 saturated carbocycles. The number of benzene rings is 1. The van der Waals surface area contributed by atoms with E-state index in [4.69, 9.17) is 0 Å². The fraction of sp³-hybridized carbons (Fsp3) is 0.312. The highest BCUT2D eigenvalue weighted by Gasteiger charge is 2.35. The molecule has 1 aliphatic heterocycles. The first-order valence-electron chi connectivity index (χ1n) is 7.08. The van der Waals surface area contributed by atoms with Crippen LogP contribution in [0.1, 0.15) is 34.3 Å². The Bertz CT molecular complexity index is 657. The van der Waals surface area contributed by atoms with Gasteiger partial charge in [0.25, 0.3) is 5.91 Å². The first-order chi connectivity index (χ1) is 10.2. The molecule has 0 unspecified atom stereocenters. The van der Waals surface area contributed by atoms with Crippen LogP contribution in [0.15, 0.2) is 36.4 Å². The minimum absolute atomic E-state index is 0.0477. The first-order valence-corrected chi connectivity index (χ1v) is 7.08. The molecule has 1 saturated heterocycles. The molecule has 0 radical (unpaired) electrons. The molecule has 3 rings (SSSR count). The van der Waals surface area contributed by atoms with Gasteiger partial charge in [0.05, 0.1) is 11.7 Å². The molecule has 5 heteroatoms. The van der Waals surface area contributed by atoms with Gasteiger partial charge in [0, 0.05) is 25.2 Å². The summed E-state index contributed by atoms with van der Waals surface area (Å²) >= 11 is 0. The minimum Gasteiger partial charge on any atom is -0.373 e. The molecule has 2 aromatic rings. The maximum Gasteiger partial charge on any atom is 0.254 e. The molecule has 21 heavy (non-hydrogen) atoms. The Morgan fingerprint density at radius 1 is 1.29 bits per heavy atom. The van der Waals surface area contributed by atoms with Crippen LogP contribution in [-0.4, -0.2) is 34.4 Å². The normalized spacial score (nSPS) is 17.2. The molecular formula is C16H18N4O. The van der Waals surface area contributed by atoms with Crippen LogP contribution in [-0.2, 0) is 0 Å². The van der Waals surface area contributed by atoms with E-state index in [1.54, 1.807) is 0 Å². The molecule has 1 aromatic carbocycles. The second-order valence-electron chi connectivity index (χ2n) is 5.14. The average molecular weight is 282 g/mol. The van der Waals surface area contributed by atoms with Crippen LogP contribution in [0.2, 0.25) is 0 Å². The summed E-state index contributed by atoms with van der Waals surface area (Å²) in [6.07, 6.45) is 0.943. The number of hydrogen-bond donors (Lipinski definition) is 1. The zero-order valence-corrected chi connectivity index (χ0v) is 12.2. The largest absolute Gasteiger partial charge is 0.373 e. The van der Waals surface area contributed by atoms with Crippen molar-refractivity contribution < 1.29 is 4.79 Å². The Balaban J connectivity index is 1.84. The number of rotatable bonds is 3. The summed E-state index contributed by atoms with van der Waals surface area (Å²) in [6.45, 7) is 2.64. The van der Waals surface area contributed by atoms with Crippen LogP contribution < -0.4 is 5.32 Å². The van der Waals surface area contributed by atoms with Crippen molar-refractivity contribution in [3.8, 4) is 0 Å². The van der Waals surface area contributed by atoms with Crippen molar-refractivity contribution in [2.24, 2.45) is 0 Å². The Morgan fingerprint density at radius 2 is 2.05 bits per heavy atom. The van der Waals surface area contributed by atoms with Crippen molar-refractivity contribution in [2.45, 2.75) is 19.4 Å². The van der Waals surface area contributed by atoms with Crippen LogP contribution in [0, 0.1) is 6.92 Å². The number of hydrogen-bond acceptors (Lipinski definition) is 4. The summed E-state index contributed by atoms with van der Waals surface area (Å²) in [5.74, 6) is 1.57. The number of carbonyl (C=O) groups excluding carboxylic acids is 1. The molecule has 0 bridgehead atoms. The third kappa shape index (κ3) is 2.59. The van der Waals surface area contributed by atoms with Gasteiger partial charge in [0.15, 0.2) is 0 Å². The van der Waals surface area contributed by atoms with Gasteiger partial charge in [0.1, 0.15) is 11.6 Å². The number of aryl methyl sites for hydroxylation is 1. The molecule has 1 atom stereocenters.